The molecular weight excluding hydrogens is 172 g/mol. The number of esters is 1. The van der Waals surface area contributed by atoms with Crippen molar-refractivity contribution in [3.8, 4) is 0 Å². The summed E-state index contributed by atoms with van der Waals surface area (Å²) in [5.74, 6) is -0.628. The van der Waals surface area contributed by atoms with Gasteiger partial charge in [-0.2, -0.15) is 0 Å². The molecule has 0 radical (unpaired) electrons. The third-order valence-electron chi connectivity index (χ3n) is 1.48. The number of nitrogens with one attached hydrogen (secondary N) is 1. The molecule has 5 nitrogen and oxygen atoms in total. The lowest BCUT2D eigenvalue weighted by atomic mass is 10.2. The number of rotatable bonds is 5. The van der Waals surface area contributed by atoms with E-state index < -0.39 is 5.97 Å². The molecule has 5 heteroatoms. The number of nitrogens with two attached hydrogens (primary N) is 1. The van der Waals surface area contributed by atoms with E-state index in [-0.39, 0.29) is 18.5 Å². The van der Waals surface area contributed by atoms with Gasteiger partial charge in [0.25, 0.3) is 0 Å². The highest BCUT2D eigenvalue weighted by atomic mass is 16.5. The van der Waals surface area contributed by atoms with Crippen molar-refractivity contribution in [3.05, 3.63) is 0 Å². The summed E-state index contributed by atoms with van der Waals surface area (Å²) < 4.78 is 4.35. The molecule has 0 bridgehead atoms. The number of amides is 1. The zero-order valence-corrected chi connectivity index (χ0v) is 8.00. The summed E-state index contributed by atoms with van der Waals surface area (Å²) in [5.41, 5.74) is 5.45. The van der Waals surface area contributed by atoms with E-state index in [0.29, 0.717) is 12.8 Å². The van der Waals surface area contributed by atoms with Gasteiger partial charge in [-0.05, 0) is 13.3 Å². The Morgan fingerprint density at radius 3 is 2.62 bits per heavy atom. The maximum absolute atomic E-state index is 11.0. The molecule has 0 aromatic heterocycles. The second-order valence-electron chi connectivity index (χ2n) is 2.87. The minimum absolute atomic E-state index is 0.00359. The van der Waals surface area contributed by atoms with Gasteiger partial charge in [0, 0.05) is 12.5 Å². The Morgan fingerprint density at radius 1 is 1.54 bits per heavy atom. The Bertz CT molecular complexity index is 180. The standard InChI is InChI=1S/C8H16N2O3/c1-6(9)3-4-7(11)10-5-8(12)13-2/h6H,3-5,9H2,1-2H3,(H,10,11). The van der Waals surface area contributed by atoms with E-state index in [1.54, 1.807) is 0 Å². The first-order chi connectivity index (χ1) is 6.06. The van der Waals surface area contributed by atoms with E-state index >= 15 is 0 Å². The van der Waals surface area contributed by atoms with E-state index in [0.717, 1.165) is 0 Å². The van der Waals surface area contributed by atoms with Gasteiger partial charge in [-0.15, -0.1) is 0 Å². The van der Waals surface area contributed by atoms with Crippen LogP contribution in [0.15, 0.2) is 0 Å². The predicted octanol–water partition coefficient (Wildman–Crippen LogP) is -0.597. The molecule has 13 heavy (non-hydrogen) atoms. The summed E-state index contributed by atoms with van der Waals surface area (Å²) in [6, 6.07) is 0.00359. The van der Waals surface area contributed by atoms with Crippen LogP contribution < -0.4 is 11.1 Å². The first kappa shape index (κ1) is 11.9. The Labute approximate surface area is 77.6 Å². The van der Waals surface area contributed by atoms with Crippen molar-refractivity contribution in [1.82, 2.24) is 5.32 Å². The fourth-order valence-electron chi connectivity index (χ4n) is 0.690. The normalized spacial score (nSPS) is 11.9. The van der Waals surface area contributed by atoms with Crippen LogP contribution in [0.25, 0.3) is 0 Å². The fraction of sp³-hybridized carbons (Fsp3) is 0.750. The number of carbonyl (C=O) groups excluding carboxylic acids is 2. The largest absolute Gasteiger partial charge is 0.468 e. The molecule has 0 aromatic carbocycles. The van der Waals surface area contributed by atoms with Crippen LogP contribution in [0.1, 0.15) is 19.8 Å². The van der Waals surface area contributed by atoms with Crippen molar-refractivity contribution in [2.75, 3.05) is 13.7 Å². The Balaban J connectivity index is 3.46. The van der Waals surface area contributed by atoms with Gasteiger partial charge in [-0.25, -0.2) is 0 Å². The molecule has 0 aliphatic heterocycles. The molecule has 0 heterocycles. The van der Waals surface area contributed by atoms with E-state index in [1.165, 1.54) is 7.11 Å². The van der Waals surface area contributed by atoms with Crippen molar-refractivity contribution in [2.45, 2.75) is 25.8 Å². The van der Waals surface area contributed by atoms with E-state index in [1.807, 2.05) is 6.92 Å². The fourth-order valence-corrected chi connectivity index (χ4v) is 0.690. The van der Waals surface area contributed by atoms with Gasteiger partial charge < -0.3 is 15.8 Å². The molecule has 1 amide bonds. The number of methoxy groups -OCH3 is 1. The van der Waals surface area contributed by atoms with Crippen molar-refractivity contribution < 1.29 is 14.3 Å². The van der Waals surface area contributed by atoms with Crippen LogP contribution in [0.2, 0.25) is 0 Å². The zero-order chi connectivity index (χ0) is 10.3. The summed E-state index contributed by atoms with van der Waals surface area (Å²) in [5, 5.41) is 2.42. The number of hydrogen-bond donors (Lipinski definition) is 2. The smallest absolute Gasteiger partial charge is 0.325 e. The summed E-state index contributed by atoms with van der Waals surface area (Å²) in [4.78, 5) is 21.6. The SMILES string of the molecule is COC(=O)CNC(=O)CCC(C)N. The van der Waals surface area contributed by atoms with Gasteiger partial charge in [0.2, 0.25) is 5.91 Å². The first-order valence-electron chi connectivity index (χ1n) is 4.15. The topological polar surface area (TPSA) is 81.4 Å². The number of carbonyl (C=O) groups is 2. The molecule has 76 valence electrons. The third kappa shape index (κ3) is 7.27. The average molecular weight is 188 g/mol. The first-order valence-corrected chi connectivity index (χ1v) is 4.15. The Kier molecular flexibility index (Phi) is 5.88. The van der Waals surface area contributed by atoms with Gasteiger partial charge >= 0.3 is 5.97 Å². The number of ether oxygens (including phenoxy) is 1. The quantitative estimate of drug-likeness (QED) is 0.565. The Morgan fingerprint density at radius 2 is 2.15 bits per heavy atom. The summed E-state index contributed by atoms with van der Waals surface area (Å²) >= 11 is 0. The minimum Gasteiger partial charge on any atom is -0.468 e. The van der Waals surface area contributed by atoms with Crippen LogP contribution in [0.5, 0.6) is 0 Å². The lowest BCUT2D eigenvalue weighted by molar-refractivity contribution is -0.141. The van der Waals surface area contributed by atoms with Crippen molar-refractivity contribution in [1.29, 1.82) is 0 Å². The minimum atomic E-state index is -0.450. The monoisotopic (exact) mass is 188 g/mol. The van der Waals surface area contributed by atoms with Gasteiger partial charge in [-0.1, -0.05) is 0 Å². The second kappa shape index (κ2) is 6.42. The molecule has 0 aliphatic carbocycles. The highest BCUT2D eigenvalue weighted by Gasteiger charge is 2.05. The molecule has 0 aromatic rings. The van der Waals surface area contributed by atoms with Crippen LogP contribution in [0, 0.1) is 0 Å². The highest BCUT2D eigenvalue weighted by molar-refractivity contribution is 5.81. The third-order valence-corrected chi connectivity index (χ3v) is 1.48. The van der Waals surface area contributed by atoms with Crippen molar-refractivity contribution in [2.24, 2.45) is 5.73 Å². The van der Waals surface area contributed by atoms with Crippen LogP contribution in [0.3, 0.4) is 0 Å². The maximum Gasteiger partial charge on any atom is 0.325 e. The molecule has 0 fully saturated rings. The molecule has 1 atom stereocenters. The molecule has 0 saturated heterocycles. The predicted molar refractivity (Wildman–Crippen MR) is 47.9 cm³/mol. The lowest BCUT2D eigenvalue weighted by Crippen LogP contribution is -2.31. The summed E-state index contributed by atoms with van der Waals surface area (Å²) in [6.07, 6.45) is 0.960. The van der Waals surface area contributed by atoms with Crippen molar-refractivity contribution in [3.63, 3.8) is 0 Å². The van der Waals surface area contributed by atoms with Crippen LogP contribution >= 0.6 is 0 Å². The maximum atomic E-state index is 11.0. The molecule has 0 rings (SSSR count). The summed E-state index contributed by atoms with van der Waals surface area (Å²) in [7, 11) is 1.27. The van der Waals surface area contributed by atoms with Gasteiger partial charge in [0.1, 0.15) is 6.54 Å². The van der Waals surface area contributed by atoms with Crippen LogP contribution in [-0.2, 0) is 14.3 Å². The van der Waals surface area contributed by atoms with E-state index in [2.05, 4.69) is 10.1 Å². The molecule has 0 aliphatic rings. The second-order valence-corrected chi connectivity index (χ2v) is 2.87. The number of hydrogen-bond acceptors (Lipinski definition) is 4. The zero-order valence-electron chi connectivity index (χ0n) is 8.00. The average Bonchev–Trinajstić information content (AvgIpc) is 2.10. The van der Waals surface area contributed by atoms with Crippen molar-refractivity contribution >= 4 is 11.9 Å². The lowest BCUT2D eigenvalue weighted by Gasteiger charge is -2.05. The molecule has 1 unspecified atom stereocenters. The van der Waals surface area contributed by atoms with Gasteiger partial charge in [0.15, 0.2) is 0 Å². The van der Waals surface area contributed by atoms with E-state index in [9.17, 15) is 9.59 Å². The van der Waals surface area contributed by atoms with Crippen LogP contribution in [-0.4, -0.2) is 31.6 Å². The molecular formula is C8H16N2O3. The van der Waals surface area contributed by atoms with Gasteiger partial charge in [-0.3, -0.25) is 9.59 Å². The highest BCUT2D eigenvalue weighted by Crippen LogP contribution is 1.92. The van der Waals surface area contributed by atoms with E-state index in [4.69, 9.17) is 5.73 Å². The molecule has 0 spiro atoms. The molecule has 0 saturated carbocycles. The molecule has 3 N–H and O–H groups in total. The summed E-state index contributed by atoms with van der Waals surface area (Å²) in [6.45, 7) is 1.75. The van der Waals surface area contributed by atoms with Crippen LogP contribution in [0.4, 0.5) is 0 Å². The van der Waals surface area contributed by atoms with Gasteiger partial charge in [0.05, 0.1) is 7.11 Å². The Hall–Kier alpha value is -1.10.